The summed E-state index contributed by atoms with van der Waals surface area (Å²) < 4.78 is 10.8. The van der Waals surface area contributed by atoms with E-state index in [4.69, 9.17) is 14.6 Å². The molecule has 0 amide bonds. The molecule has 0 bridgehead atoms. The van der Waals surface area contributed by atoms with Crippen molar-refractivity contribution in [1.29, 1.82) is 0 Å². The molecule has 5 nitrogen and oxygen atoms in total. The Bertz CT molecular complexity index is 479. The van der Waals surface area contributed by atoms with Gasteiger partial charge in [0.1, 0.15) is 19.0 Å². The van der Waals surface area contributed by atoms with Crippen LogP contribution >= 0.6 is 0 Å². The number of hydrogen-bond donors (Lipinski definition) is 2. The summed E-state index contributed by atoms with van der Waals surface area (Å²) in [5, 5.41) is 18.9. The monoisotopic (exact) mass is 252 g/mol. The third-order valence-corrected chi connectivity index (χ3v) is 2.98. The van der Waals surface area contributed by atoms with Gasteiger partial charge in [0.2, 0.25) is 0 Å². The van der Waals surface area contributed by atoms with Crippen molar-refractivity contribution in [2.45, 2.75) is 25.7 Å². The lowest BCUT2D eigenvalue weighted by molar-refractivity contribution is -0.138. The molecule has 18 heavy (non-hydrogen) atoms. The van der Waals surface area contributed by atoms with Gasteiger partial charge < -0.3 is 19.7 Å². The number of aromatic hydroxyl groups is 1. The topological polar surface area (TPSA) is 76.0 Å². The van der Waals surface area contributed by atoms with E-state index < -0.39 is 11.4 Å². The van der Waals surface area contributed by atoms with Crippen LogP contribution in [0.4, 0.5) is 0 Å². The Hall–Kier alpha value is -1.91. The molecular weight excluding hydrogens is 236 g/mol. The van der Waals surface area contributed by atoms with Crippen LogP contribution in [0.3, 0.4) is 0 Å². The van der Waals surface area contributed by atoms with Crippen molar-refractivity contribution >= 4 is 5.97 Å². The number of phenols is 1. The molecule has 0 aromatic heterocycles. The highest BCUT2D eigenvalue weighted by Gasteiger charge is 2.29. The van der Waals surface area contributed by atoms with Gasteiger partial charge in [0.05, 0.1) is 6.42 Å². The fourth-order valence-corrected chi connectivity index (χ4v) is 2.09. The molecule has 2 rings (SSSR count). The smallest absolute Gasteiger partial charge is 0.304 e. The maximum absolute atomic E-state index is 10.9. The van der Waals surface area contributed by atoms with E-state index in [0.29, 0.717) is 30.3 Å². The van der Waals surface area contributed by atoms with Gasteiger partial charge in [0.25, 0.3) is 0 Å². The molecule has 98 valence electrons. The Balaban J connectivity index is 2.41. The Morgan fingerprint density at radius 1 is 1.28 bits per heavy atom. The summed E-state index contributed by atoms with van der Waals surface area (Å²) in [6.07, 6.45) is -0.0692. The van der Waals surface area contributed by atoms with Crippen LogP contribution in [0.2, 0.25) is 0 Å². The van der Waals surface area contributed by atoms with Crippen molar-refractivity contribution in [2.24, 2.45) is 0 Å². The van der Waals surface area contributed by atoms with Crippen LogP contribution < -0.4 is 9.47 Å². The SMILES string of the molecule is CC(C)(CC(=O)O)c1cc2c(cc1O)OCCO2. The molecule has 1 aromatic rings. The zero-order valence-electron chi connectivity index (χ0n) is 10.4. The highest BCUT2D eigenvalue weighted by atomic mass is 16.6. The molecule has 0 fully saturated rings. The largest absolute Gasteiger partial charge is 0.508 e. The molecule has 1 aliphatic rings. The van der Waals surface area contributed by atoms with Gasteiger partial charge in [-0.2, -0.15) is 0 Å². The quantitative estimate of drug-likeness (QED) is 0.859. The van der Waals surface area contributed by atoms with Crippen LogP contribution in [0.25, 0.3) is 0 Å². The second-order valence-electron chi connectivity index (χ2n) is 4.97. The molecule has 1 aromatic carbocycles. The Morgan fingerprint density at radius 2 is 1.83 bits per heavy atom. The van der Waals surface area contributed by atoms with E-state index in [1.807, 2.05) is 0 Å². The average Bonchev–Trinajstić information content (AvgIpc) is 2.26. The first-order chi connectivity index (χ1) is 8.40. The highest BCUT2D eigenvalue weighted by Crippen LogP contribution is 2.42. The van der Waals surface area contributed by atoms with Gasteiger partial charge in [-0.25, -0.2) is 0 Å². The lowest BCUT2D eigenvalue weighted by Crippen LogP contribution is -2.23. The number of phenolic OH excluding ortho intramolecular Hbond substituents is 1. The molecule has 0 spiro atoms. The van der Waals surface area contributed by atoms with Crippen molar-refractivity contribution in [1.82, 2.24) is 0 Å². The van der Waals surface area contributed by atoms with Crippen LogP contribution in [0.15, 0.2) is 12.1 Å². The highest BCUT2D eigenvalue weighted by molar-refractivity contribution is 5.69. The van der Waals surface area contributed by atoms with Crippen molar-refractivity contribution in [3.05, 3.63) is 17.7 Å². The fourth-order valence-electron chi connectivity index (χ4n) is 2.09. The van der Waals surface area contributed by atoms with E-state index in [1.54, 1.807) is 19.9 Å². The Kier molecular flexibility index (Phi) is 3.07. The van der Waals surface area contributed by atoms with E-state index in [2.05, 4.69) is 0 Å². The maximum Gasteiger partial charge on any atom is 0.304 e. The lowest BCUT2D eigenvalue weighted by Gasteiger charge is -2.27. The first-order valence-electron chi connectivity index (χ1n) is 5.75. The van der Waals surface area contributed by atoms with Gasteiger partial charge in [0, 0.05) is 17.0 Å². The predicted molar refractivity (Wildman–Crippen MR) is 64.4 cm³/mol. The Morgan fingerprint density at radius 3 is 2.39 bits per heavy atom. The number of ether oxygens (including phenoxy) is 2. The zero-order valence-corrected chi connectivity index (χ0v) is 10.4. The summed E-state index contributed by atoms with van der Waals surface area (Å²) >= 11 is 0. The Labute approximate surface area is 105 Å². The van der Waals surface area contributed by atoms with Gasteiger partial charge in [0.15, 0.2) is 11.5 Å². The van der Waals surface area contributed by atoms with E-state index in [9.17, 15) is 9.90 Å². The third-order valence-electron chi connectivity index (χ3n) is 2.98. The van der Waals surface area contributed by atoms with E-state index >= 15 is 0 Å². The summed E-state index contributed by atoms with van der Waals surface area (Å²) in [5.41, 5.74) is -0.125. The van der Waals surface area contributed by atoms with Gasteiger partial charge >= 0.3 is 5.97 Å². The van der Waals surface area contributed by atoms with E-state index in [1.165, 1.54) is 6.07 Å². The van der Waals surface area contributed by atoms with E-state index in [-0.39, 0.29) is 12.2 Å². The molecule has 0 atom stereocenters. The minimum atomic E-state index is -0.908. The third kappa shape index (κ3) is 2.34. The number of rotatable bonds is 3. The van der Waals surface area contributed by atoms with Crippen molar-refractivity contribution < 1.29 is 24.5 Å². The van der Waals surface area contributed by atoms with Crippen LogP contribution in [-0.4, -0.2) is 29.4 Å². The second-order valence-corrected chi connectivity index (χ2v) is 4.97. The molecule has 0 saturated heterocycles. The maximum atomic E-state index is 10.9. The minimum absolute atomic E-state index is 0.0329. The van der Waals surface area contributed by atoms with Crippen molar-refractivity contribution in [2.75, 3.05) is 13.2 Å². The second kappa shape index (κ2) is 4.40. The molecule has 0 saturated carbocycles. The number of carboxylic acid groups (broad SMARTS) is 1. The molecule has 2 N–H and O–H groups in total. The number of carboxylic acids is 1. The van der Waals surface area contributed by atoms with E-state index in [0.717, 1.165) is 0 Å². The number of carbonyl (C=O) groups is 1. The van der Waals surface area contributed by atoms with Gasteiger partial charge in [-0.15, -0.1) is 0 Å². The lowest BCUT2D eigenvalue weighted by atomic mass is 9.81. The van der Waals surface area contributed by atoms with Crippen LogP contribution in [0.1, 0.15) is 25.8 Å². The molecule has 5 heteroatoms. The van der Waals surface area contributed by atoms with Gasteiger partial charge in [-0.1, -0.05) is 13.8 Å². The summed E-state index contributed by atoms with van der Waals surface area (Å²) in [7, 11) is 0. The van der Waals surface area contributed by atoms with Crippen molar-refractivity contribution in [3.63, 3.8) is 0 Å². The normalized spacial score (nSPS) is 14.3. The molecule has 0 aliphatic carbocycles. The molecule has 1 aliphatic heterocycles. The summed E-state index contributed by atoms with van der Waals surface area (Å²) in [6, 6.07) is 3.14. The van der Waals surface area contributed by atoms with Crippen molar-refractivity contribution in [3.8, 4) is 17.2 Å². The first-order valence-corrected chi connectivity index (χ1v) is 5.75. The molecule has 1 heterocycles. The summed E-state index contributed by atoms with van der Waals surface area (Å²) in [4.78, 5) is 10.9. The average molecular weight is 252 g/mol. The fraction of sp³-hybridized carbons (Fsp3) is 0.462. The first kappa shape index (κ1) is 12.5. The number of hydrogen-bond acceptors (Lipinski definition) is 4. The number of benzene rings is 1. The predicted octanol–water partition coefficient (Wildman–Crippen LogP) is 1.92. The van der Waals surface area contributed by atoms with Gasteiger partial charge in [-0.05, 0) is 6.07 Å². The van der Waals surface area contributed by atoms with Crippen LogP contribution in [0.5, 0.6) is 17.2 Å². The zero-order chi connectivity index (χ0) is 13.3. The number of fused-ring (bicyclic) bond motifs is 1. The minimum Gasteiger partial charge on any atom is -0.508 e. The summed E-state index contributed by atoms with van der Waals surface area (Å²) in [5.74, 6) is 0.168. The van der Waals surface area contributed by atoms with Crippen LogP contribution in [0, 0.1) is 0 Å². The number of aliphatic carboxylic acids is 1. The molecular formula is C13H16O5. The van der Waals surface area contributed by atoms with Gasteiger partial charge in [-0.3, -0.25) is 4.79 Å². The summed E-state index contributed by atoms with van der Waals surface area (Å²) in [6.45, 7) is 4.44. The molecule has 0 radical (unpaired) electrons. The molecule has 0 unspecified atom stereocenters. The standard InChI is InChI=1S/C13H16O5/c1-13(2,7-12(15)16)8-5-10-11(6-9(8)14)18-4-3-17-10/h5-6,14H,3-4,7H2,1-2H3,(H,15,16). The van der Waals surface area contributed by atoms with Crippen LogP contribution in [-0.2, 0) is 10.2 Å².